The number of ether oxygens (including phenoxy) is 1. The van der Waals surface area contributed by atoms with Crippen LogP contribution in [0.25, 0.3) is 0 Å². The topological polar surface area (TPSA) is 24.5 Å². The van der Waals surface area contributed by atoms with Crippen molar-refractivity contribution < 1.29 is 4.74 Å². The number of hydrogen-bond donors (Lipinski definition) is 1. The molecule has 114 valence electrons. The van der Waals surface area contributed by atoms with E-state index < -0.39 is 8.07 Å². The molecular formula is C16H30N2OSi. The SMILES string of the molecule is COCCN(C)CCNCc1ccc([Si](C)(C)C)cc1. The summed E-state index contributed by atoms with van der Waals surface area (Å²) in [4.78, 5) is 2.28. The van der Waals surface area contributed by atoms with Crippen molar-refractivity contribution in [3.05, 3.63) is 29.8 Å². The molecule has 20 heavy (non-hydrogen) atoms. The van der Waals surface area contributed by atoms with Crippen LogP contribution in [0, 0.1) is 0 Å². The van der Waals surface area contributed by atoms with Crippen LogP contribution in [-0.4, -0.2) is 53.4 Å². The Hall–Kier alpha value is -0.683. The van der Waals surface area contributed by atoms with Gasteiger partial charge in [0.1, 0.15) is 0 Å². The molecule has 0 heterocycles. The molecule has 4 heteroatoms. The molecule has 1 aromatic carbocycles. The van der Waals surface area contributed by atoms with Gasteiger partial charge in [-0.15, -0.1) is 0 Å². The third kappa shape index (κ3) is 6.66. The number of rotatable bonds is 9. The zero-order valence-electron chi connectivity index (χ0n) is 13.7. The fourth-order valence-corrected chi connectivity index (χ4v) is 3.15. The van der Waals surface area contributed by atoms with E-state index in [1.807, 2.05) is 0 Å². The maximum atomic E-state index is 5.07. The van der Waals surface area contributed by atoms with Crippen molar-refractivity contribution in [2.24, 2.45) is 0 Å². The Morgan fingerprint density at radius 3 is 2.30 bits per heavy atom. The van der Waals surface area contributed by atoms with Crippen LogP contribution >= 0.6 is 0 Å². The van der Waals surface area contributed by atoms with E-state index in [0.29, 0.717) is 0 Å². The molecule has 0 unspecified atom stereocenters. The van der Waals surface area contributed by atoms with E-state index in [-0.39, 0.29) is 0 Å². The highest BCUT2D eigenvalue weighted by Crippen LogP contribution is 2.04. The second-order valence-electron chi connectivity index (χ2n) is 6.42. The second-order valence-corrected chi connectivity index (χ2v) is 11.5. The number of benzene rings is 1. The van der Waals surface area contributed by atoms with E-state index in [1.165, 1.54) is 10.8 Å². The fraction of sp³-hybridized carbons (Fsp3) is 0.625. The lowest BCUT2D eigenvalue weighted by molar-refractivity contribution is 0.161. The molecule has 0 fully saturated rings. The van der Waals surface area contributed by atoms with Crippen molar-refractivity contribution in [2.45, 2.75) is 26.2 Å². The first-order chi connectivity index (χ1) is 9.43. The Morgan fingerprint density at radius 1 is 1.10 bits per heavy atom. The first-order valence-electron chi connectivity index (χ1n) is 7.41. The van der Waals surface area contributed by atoms with Crippen LogP contribution < -0.4 is 10.5 Å². The molecule has 0 aromatic heterocycles. The van der Waals surface area contributed by atoms with Gasteiger partial charge in [-0.1, -0.05) is 49.1 Å². The summed E-state index contributed by atoms with van der Waals surface area (Å²) in [6.07, 6.45) is 0. The van der Waals surface area contributed by atoms with Gasteiger partial charge in [0, 0.05) is 33.3 Å². The Bertz CT molecular complexity index is 373. The fourth-order valence-electron chi connectivity index (χ4n) is 1.98. The standard InChI is InChI=1S/C16H30N2OSi/c1-18(12-13-19-2)11-10-17-14-15-6-8-16(9-7-15)20(3,4)5/h6-9,17H,10-14H2,1-5H3. The van der Waals surface area contributed by atoms with Gasteiger partial charge in [0.2, 0.25) is 0 Å². The van der Waals surface area contributed by atoms with Crippen LogP contribution in [0.3, 0.4) is 0 Å². The lowest BCUT2D eigenvalue weighted by Crippen LogP contribution is -2.37. The number of methoxy groups -OCH3 is 1. The number of likely N-dealkylation sites (N-methyl/N-ethyl adjacent to an activating group) is 1. The maximum absolute atomic E-state index is 5.07. The number of nitrogens with one attached hydrogen (secondary N) is 1. The Balaban J connectivity index is 2.26. The molecule has 1 N–H and O–H groups in total. The molecule has 3 nitrogen and oxygen atoms in total. The molecule has 0 aliphatic heterocycles. The highest BCUT2D eigenvalue weighted by atomic mass is 28.3. The van der Waals surface area contributed by atoms with E-state index in [9.17, 15) is 0 Å². The molecule has 0 radical (unpaired) electrons. The van der Waals surface area contributed by atoms with Gasteiger partial charge in [0.05, 0.1) is 14.7 Å². The average molecular weight is 295 g/mol. The second kappa shape index (κ2) is 8.57. The van der Waals surface area contributed by atoms with Crippen LogP contribution in [0.1, 0.15) is 5.56 Å². The zero-order valence-corrected chi connectivity index (χ0v) is 14.7. The predicted octanol–water partition coefficient (Wildman–Crippen LogP) is 1.90. The van der Waals surface area contributed by atoms with E-state index in [2.05, 4.69) is 61.2 Å². The Morgan fingerprint density at radius 2 is 1.75 bits per heavy atom. The third-order valence-electron chi connectivity index (χ3n) is 3.50. The molecule has 1 aromatic rings. The molecule has 0 spiro atoms. The minimum Gasteiger partial charge on any atom is -0.383 e. The van der Waals surface area contributed by atoms with Crippen LogP contribution in [0.15, 0.2) is 24.3 Å². The average Bonchev–Trinajstić information content (AvgIpc) is 2.41. The van der Waals surface area contributed by atoms with Gasteiger partial charge in [0.25, 0.3) is 0 Å². The van der Waals surface area contributed by atoms with Crippen LogP contribution in [0.5, 0.6) is 0 Å². The molecule has 0 saturated heterocycles. The van der Waals surface area contributed by atoms with E-state index >= 15 is 0 Å². The van der Waals surface area contributed by atoms with Gasteiger partial charge in [-0.3, -0.25) is 0 Å². The molecule has 0 amide bonds. The summed E-state index contributed by atoms with van der Waals surface area (Å²) in [7, 11) is 2.71. The van der Waals surface area contributed by atoms with Gasteiger partial charge in [0.15, 0.2) is 0 Å². The van der Waals surface area contributed by atoms with Crippen molar-refractivity contribution >= 4 is 13.3 Å². The molecule has 1 rings (SSSR count). The minimum atomic E-state index is -1.16. The van der Waals surface area contributed by atoms with E-state index in [1.54, 1.807) is 7.11 Å². The first kappa shape index (κ1) is 17.4. The largest absolute Gasteiger partial charge is 0.383 e. The predicted molar refractivity (Wildman–Crippen MR) is 90.5 cm³/mol. The van der Waals surface area contributed by atoms with Crippen molar-refractivity contribution in [1.82, 2.24) is 10.2 Å². The highest BCUT2D eigenvalue weighted by Gasteiger charge is 2.15. The normalized spacial score (nSPS) is 12.1. The van der Waals surface area contributed by atoms with Gasteiger partial charge in [-0.2, -0.15) is 0 Å². The van der Waals surface area contributed by atoms with Crippen molar-refractivity contribution in [1.29, 1.82) is 0 Å². The van der Waals surface area contributed by atoms with Gasteiger partial charge in [-0.25, -0.2) is 0 Å². The molecule has 0 saturated carbocycles. The van der Waals surface area contributed by atoms with E-state index in [4.69, 9.17) is 4.74 Å². The minimum absolute atomic E-state index is 0.800. The Labute approximate surface area is 125 Å². The van der Waals surface area contributed by atoms with Crippen LogP contribution in [0.4, 0.5) is 0 Å². The van der Waals surface area contributed by atoms with Crippen LogP contribution in [0.2, 0.25) is 19.6 Å². The third-order valence-corrected chi connectivity index (χ3v) is 5.56. The number of hydrogen-bond acceptors (Lipinski definition) is 3. The lowest BCUT2D eigenvalue weighted by Gasteiger charge is -2.17. The quantitative estimate of drug-likeness (QED) is 0.556. The number of nitrogens with zero attached hydrogens (tertiary/aromatic N) is 1. The highest BCUT2D eigenvalue weighted by molar-refractivity contribution is 6.88. The van der Waals surface area contributed by atoms with Crippen molar-refractivity contribution in [3.63, 3.8) is 0 Å². The molecule has 0 aliphatic carbocycles. The molecule has 0 atom stereocenters. The lowest BCUT2D eigenvalue weighted by atomic mass is 10.2. The van der Waals surface area contributed by atoms with Crippen molar-refractivity contribution in [2.75, 3.05) is 40.4 Å². The smallest absolute Gasteiger partial charge is 0.0775 e. The van der Waals surface area contributed by atoms with Gasteiger partial charge >= 0.3 is 0 Å². The molecule has 0 bridgehead atoms. The molecule has 0 aliphatic rings. The summed E-state index contributed by atoms with van der Waals surface area (Å²) in [6.45, 7) is 12.0. The monoisotopic (exact) mass is 294 g/mol. The van der Waals surface area contributed by atoms with Gasteiger partial charge < -0.3 is 15.0 Å². The van der Waals surface area contributed by atoms with Crippen molar-refractivity contribution in [3.8, 4) is 0 Å². The summed E-state index contributed by atoms with van der Waals surface area (Å²) in [5.74, 6) is 0. The molecular weight excluding hydrogens is 264 g/mol. The summed E-state index contributed by atoms with van der Waals surface area (Å²) in [5.41, 5.74) is 1.37. The summed E-state index contributed by atoms with van der Waals surface area (Å²) < 4.78 is 5.07. The maximum Gasteiger partial charge on any atom is 0.0775 e. The summed E-state index contributed by atoms with van der Waals surface area (Å²) in [6, 6.07) is 9.12. The van der Waals surface area contributed by atoms with Crippen LogP contribution in [-0.2, 0) is 11.3 Å². The summed E-state index contributed by atoms with van der Waals surface area (Å²) >= 11 is 0. The Kier molecular flexibility index (Phi) is 7.44. The summed E-state index contributed by atoms with van der Waals surface area (Å²) in [5, 5.41) is 5.02. The van der Waals surface area contributed by atoms with E-state index in [0.717, 1.165) is 32.8 Å². The first-order valence-corrected chi connectivity index (χ1v) is 10.9. The zero-order chi connectivity index (χ0) is 15.0. The van der Waals surface area contributed by atoms with Gasteiger partial charge in [-0.05, 0) is 12.6 Å².